The number of hydrogen-bond acceptors (Lipinski definition) is 3. The van der Waals surface area contributed by atoms with Crippen molar-refractivity contribution >= 4 is 15.9 Å². The molecule has 2 aliphatic heterocycles. The Bertz CT molecular complexity index is 429. The van der Waals surface area contributed by atoms with Crippen molar-refractivity contribution in [2.75, 3.05) is 13.1 Å². The maximum atomic E-state index is 6.29. The van der Waals surface area contributed by atoms with Gasteiger partial charge in [0.25, 0.3) is 0 Å². The zero-order chi connectivity index (χ0) is 11.9. The van der Waals surface area contributed by atoms with Crippen LogP contribution in [-0.2, 0) is 0 Å². The van der Waals surface area contributed by atoms with Crippen LogP contribution in [0.1, 0.15) is 30.9 Å². The molecule has 0 radical (unpaired) electrons. The van der Waals surface area contributed by atoms with Crippen LogP contribution < -0.4 is 15.8 Å². The van der Waals surface area contributed by atoms with Gasteiger partial charge in [0.05, 0.1) is 0 Å². The standard InChI is InChI=1S/C13H17BrN2O/c14-9-1-2-10-11(15)8-13(17-12(10)7-9)3-5-16-6-4-13/h1-2,7,11,16H,3-6,8,15H2/t11-/m0/s1. The normalized spacial score (nSPS) is 26.4. The Morgan fingerprint density at radius 2 is 2.12 bits per heavy atom. The Balaban J connectivity index is 1.95. The Labute approximate surface area is 110 Å². The summed E-state index contributed by atoms with van der Waals surface area (Å²) in [6.45, 7) is 2.05. The number of rotatable bonds is 0. The molecule has 17 heavy (non-hydrogen) atoms. The maximum Gasteiger partial charge on any atom is 0.126 e. The van der Waals surface area contributed by atoms with E-state index in [1.165, 1.54) is 0 Å². The fraction of sp³-hybridized carbons (Fsp3) is 0.538. The molecule has 4 heteroatoms. The topological polar surface area (TPSA) is 47.3 Å². The van der Waals surface area contributed by atoms with Gasteiger partial charge >= 0.3 is 0 Å². The van der Waals surface area contributed by atoms with E-state index < -0.39 is 0 Å². The van der Waals surface area contributed by atoms with E-state index in [-0.39, 0.29) is 11.6 Å². The predicted octanol–water partition coefficient (Wildman–Crippen LogP) is 2.35. The van der Waals surface area contributed by atoms with E-state index in [4.69, 9.17) is 10.5 Å². The number of benzene rings is 1. The van der Waals surface area contributed by atoms with E-state index in [0.29, 0.717) is 0 Å². The zero-order valence-corrected chi connectivity index (χ0v) is 11.3. The smallest absolute Gasteiger partial charge is 0.126 e. The molecule has 1 aromatic rings. The summed E-state index contributed by atoms with van der Waals surface area (Å²) in [7, 11) is 0. The van der Waals surface area contributed by atoms with Crippen molar-refractivity contribution in [2.45, 2.75) is 30.9 Å². The van der Waals surface area contributed by atoms with Gasteiger partial charge in [0, 0.05) is 22.5 Å². The molecule has 2 heterocycles. The fourth-order valence-electron chi connectivity index (χ4n) is 2.88. The number of ether oxygens (including phenoxy) is 1. The van der Waals surface area contributed by atoms with E-state index >= 15 is 0 Å². The third-order valence-electron chi connectivity index (χ3n) is 3.81. The molecule has 3 rings (SSSR count). The molecule has 1 aromatic carbocycles. The third-order valence-corrected chi connectivity index (χ3v) is 4.30. The highest BCUT2D eigenvalue weighted by Crippen LogP contribution is 2.43. The molecule has 0 bridgehead atoms. The first-order chi connectivity index (χ1) is 8.19. The van der Waals surface area contributed by atoms with Gasteiger partial charge < -0.3 is 15.8 Å². The highest BCUT2D eigenvalue weighted by Gasteiger charge is 2.40. The first-order valence-electron chi connectivity index (χ1n) is 6.13. The van der Waals surface area contributed by atoms with Crippen molar-refractivity contribution in [3.8, 4) is 5.75 Å². The van der Waals surface area contributed by atoms with Crippen molar-refractivity contribution in [1.82, 2.24) is 5.32 Å². The summed E-state index contributed by atoms with van der Waals surface area (Å²) in [5.74, 6) is 0.958. The molecule has 92 valence electrons. The molecule has 1 spiro atoms. The Hall–Kier alpha value is -0.580. The molecular weight excluding hydrogens is 280 g/mol. The van der Waals surface area contributed by atoms with Gasteiger partial charge in [-0.1, -0.05) is 22.0 Å². The summed E-state index contributed by atoms with van der Waals surface area (Å²) in [6.07, 6.45) is 3.03. The molecule has 0 amide bonds. The second-order valence-corrected chi connectivity index (χ2v) is 5.94. The molecule has 0 aromatic heterocycles. The first-order valence-corrected chi connectivity index (χ1v) is 6.93. The second-order valence-electron chi connectivity index (χ2n) is 5.03. The number of piperidine rings is 1. The lowest BCUT2D eigenvalue weighted by atomic mass is 9.81. The molecule has 2 aliphatic rings. The van der Waals surface area contributed by atoms with Gasteiger partial charge in [-0.2, -0.15) is 0 Å². The van der Waals surface area contributed by atoms with Gasteiger partial charge in [0.2, 0.25) is 0 Å². The van der Waals surface area contributed by atoms with Crippen molar-refractivity contribution in [3.05, 3.63) is 28.2 Å². The summed E-state index contributed by atoms with van der Waals surface area (Å²) in [4.78, 5) is 0. The van der Waals surface area contributed by atoms with Crippen LogP contribution in [0.3, 0.4) is 0 Å². The molecule has 0 saturated carbocycles. The summed E-state index contributed by atoms with van der Waals surface area (Å²) in [5.41, 5.74) is 7.38. The van der Waals surface area contributed by atoms with Crippen LogP contribution in [0.25, 0.3) is 0 Å². The highest BCUT2D eigenvalue weighted by atomic mass is 79.9. The Kier molecular flexibility index (Phi) is 2.89. The lowest BCUT2D eigenvalue weighted by molar-refractivity contribution is 0.00787. The Morgan fingerprint density at radius 3 is 2.88 bits per heavy atom. The monoisotopic (exact) mass is 296 g/mol. The minimum absolute atomic E-state index is 0.0432. The van der Waals surface area contributed by atoms with Crippen molar-refractivity contribution in [2.24, 2.45) is 5.73 Å². The number of hydrogen-bond donors (Lipinski definition) is 2. The fourth-order valence-corrected chi connectivity index (χ4v) is 3.22. The van der Waals surface area contributed by atoms with E-state index in [0.717, 1.165) is 48.1 Å². The van der Waals surface area contributed by atoms with Gasteiger partial charge in [-0.15, -0.1) is 0 Å². The van der Waals surface area contributed by atoms with Crippen molar-refractivity contribution in [3.63, 3.8) is 0 Å². The number of halogens is 1. The van der Waals surface area contributed by atoms with Gasteiger partial charge in [-0.3, -0.25) is 0 Å². The zero-order valence-electron chi connectivity index (χ0n) is 9.71. The lowest BCUT2D eigenvalue weighted by Crippen LogP contribution is -2.50. The van der Waals surface area contributed by atoms with Crippen molar-refractivity contribution < 1.29 is 4.74 Å². The molecule has 1 saturated heterocycles. The van der Waals surface area contributed by atoms with E-state index in [9.17, 15) is 0 Å². The molecule has 1 atom stereocenters. The number of nitrogens with one attached hydrogen (secondary N) is 1. The summed E-state index contributed by atoms with van der Waals surface area (Å²) < 4.78 is 7.31. The minimum atomic E-state index is -0.0432. The highest BCUT2D eigenvalue weighted by molar-refractivity contribution is 9.10. The first kappa shape index (κ1) is 11.5. The average molecular weight is 297 g/mol. The third kappa shape index (κ3) is 2.09. The van der Waals surface area contributed by atoms with Crippen LogP contribution in [0.5, 0.6) is 5.75 Å². The average Bonchev–Trinajstić information content (AvgIpc) is 2.29. The number of fused-ring (bicyclic) bond motifs is 1. The summed E-state index contributed by atoms with van der Waals surface area (Å²) >= 11 is 3.49. The second kappa shape index (κ2) is 4.26. The summed E-state index contributed by atoms with van der Waals surface area (Å²) in [5, 5.41) is 3.38. The van der Waals surface area contributed by atoms with E-state index in [1.54, 1.807) is 0 Å². The molecule has 0 aliphatic carbocycles. The van der Waals surface area contributed by atoms with Gasteiger partial charge in [-0.25, -0.2) is 0 Å². The molecule has 3 N–H and O–H groups in total. The van der Waals surface area contributed by atoms with Crippen LogP contribution in [0.4, 0.5) is 0 Å². The Morgan fingerprint density at radius 1 is 1.35 bits per heavy atom. The molecule has 3 nitrogen and oxygen atoms in total. The van der Waals surface area contributed by atoms with Crippen LogP contribution in [-0.4, -0.2) is 18.7 Å². The number of nitrogens with two attached hydrogens (primary N) is 1. The molecular formula is C13H17BrN2O. The van der Waals surface area contributed by atoms with Crippen LogP contribution in [0.2, 0.25) is 0 Å². The maximum absolute atomic E-state index is 6.29. The largest absolute Gasteiger partial charge is 0.487 e. The van der Waals surface area contributed by atoms with E-state index in [2.05, 4.69) is 27.3 Å². The predicted molar refractivity (Wildman–Crippen MR) is 71.2 cm³/mol. The van der Waals surface area contributed by atoms with Crippen LogP contribution >= 0.6 is 15.9 Å². The van der Waals surface area contributed by atoms with Gasteiger partial charge in [0.1, 0.15) is 11.4 Å². The van der Waals surface area contributed by atoms with Gasteiger partial charge in [0.15, 0.2) is 0 Å². The van der Waals surface area contributed by atoms with Crippen molar-refractivity contribution in [1.29, 1.82) is 0 Å². The van der Waals surface area contributed by atoms with Gasteiger partial charge in [-0.05, 0) is 38.1 Å². The molecule has 0 unspecified atom stereocenters. The molecule has 1 fully saturated rings. The lowest BCUT2D eigenvalue weighted by Gasteiger charge is -2.43. The van der Waals surface area contributed by atoms with Crippen LogP contribution in [0, 0.1) is 0 Å². The SMILES string of the molecule is N[C@H]1CC2(CCNCC2)Oc2cc(Br)ccc21. The van der Waals surface area contributed by atoms with Crippen LogP contribution in [0.15, 0.2) is 22.7 Å². The van der Waals surface area contributed by atoms with E-state index in [1.807, 2.05) is 12.1 Å². The summed E-state index contributed by atoms with van der Waals surface area (Å²) in [6, 6.07) is 6.24. The quantitative estimate of drug-likeness (QED) is 0.773. The minimum Gasteiger partial charge on any atom is -0.487 e.